The van der Waals surface area contributed by atoms with Crippen molar-refractivity contribution in [2.45, 2.75) is 25.7 Å². The lowest BCUT2D eigenvalue weighted by molar-refractivity contribution is -0.136. The van der Waals surface area contributed by atoms with E-state index in [1.54, 1.807) is 0 Å². The quantitative estimate of drug-likeness (QED) is 0.601. The van der Waals surface area contributed by atoms with Crippen molar-refractivity contribution in [2.75, 3.05) is 0 Å². The molecule has 0 radical (unpaired) electrons. The molecule has 1 aliphatic rings. The Morgan fingerprint density at radius 2 is 2.19 bits per heavy atom. The molecule has 0 unspecified atom stereocenters. The lowest BCUT2D eigenvalue weighted by atomic mass is 10.0. The van der Waals surface area contributed by atoms with Crippen LogP contribution >= 0.6 is 0 Å². The number of carboxylic acids is 1. The fraction of sp³-hybridized carbons (Fsp3) is 0.333. The number of benzene rings is 1. The Morgan fingerprint density at radius 3 is 2.88 bits per heavy atom. The number of nitrogens with zero attached hydrogens (tertiary/aromatic N) is 1. The Hall–Kier alpha value is -1.84. The van der Waals surface area contributed by atoms with Gasteiger partial charge in [-0.2, -0.15) is 0 Å². The molecule has 0 aromatic heterocycles. The van der Waals surface area contributed by atoms with Crippen LogP contribution in [0.25, 0.3) is 0 Å². The van der Waals surface area contributed by atoms with E-state index in [4.69, 9.17) is 10.3 Å². The molecule has 0 amide bonds. The van der Waals surface area contributed by atoms with Gasteiger partial charge in [-0.05, 0) is 36.5 Å². The average molecular weight is 219 g/mol. The number of carboxylic acid groups (broad SMARTS) is 1. The van der Waals surface area contributed by atoms with Crippen molar-refractivity contribution in [3.05, 3.63) is 34.9 Å². The highest BCUT2D eigenvalue weighted by Gasteiger charge is 2.18. The van der Waals surface area contributed by atoms with E-state index < -0.39 is 5.97 Å². The van der Waals surface area contributed by atoms with E-state index in [0.29, 0.717) is 12.1 Å². The molecule has 2 rings (SSSR count). The van der Waals surface area contributed by atoms with E-state index in [1.165, 1.54) is 5.56 Å². The first-order valence-corrected chi connectivity index (χ1v) is 5.25. The van der Waals surface area contributed by atoms with Gasteiger partial charge in [0, 0.05) is 12.0 Å². The molecule has 0 spiro atoms. The van der Waals surface area contributed by atoms with Crippen LogP contribution in [0.4, 0.5) is 0 Å². The summed E-state index contributed by atoms with van der Waals surface area (Å²) < 4.78 is 0. The van der Waals surface area contributed by atoms with Gasteiger partial charge in [0.25, 0.3) is 0 Å². The van der Waals surface area contributed by atoms with Gasteiger partial charge in [-0.25, -0.2) is 0 Å². The van der Waals surface area contributed by atoms with E-state index in [-0.39, 0.29) is 6.42 Å². The normalized spacial score (nSPS) is 16.4. The lowest BCUT2D eigenvalue weighted by Gasteiger charge is -2.03. The van der Waals surface area contributed by atoms with Crippen molar-refractivity contribution >= 4 is 11.7 Å². The predicted octanol–water partition coefficient (Wildman–Crippen LogP) is 1.83. The number of fused-ring (bicyclic) bond motifs is 1. The van der Waals surface area contributed by atoms with Crippen LogP contribution in [-0.2, 0) is 17.6 Å². The van der Waals surface area contributed by atoms with Crippen molar-refractivity contribution in [3.63, 3.8) is 0 Å². The second-order valence-electron chi connectivity index (χ2n) is 3.93. The summed E-state index contributed by atoms with van der Waals surface area (Å²) in [6, 6.07) is 5.87. The van der Waals surface area contributed by atoms with E-state index in [9.17, 15) is 4.79 Å². The summed E-state index contributed by atoms with van der Waals surface area (Å²) in [5.74, 6) is -0.795. The van der Waals surface area contributed by atoms with Gasteiger partial charge in [0.15, 0.2) is 0 Å². The van der Waals surface area contributed by atoms with Crippen LogP contribution in [0.2, 0.25) is 0 Å². The van der Waals surface area contributed by atoms with Gasteiger partial charge >= 0.3 is 5.97 Å². The molecule has 0 saturated carbocycles. The Labute approximate surface area is 93.2 Å². The standard InChI is InChI=1S/C12H13NO3/c14-12(15)6-2-8-1-3-9-4-5-11(13-16)10(9)7-8/h1,3,7,16H,2,4-6H2,(H,14,15). The maximum absolute atomic E-state index is 10.5. The highest BCUT2D eigenvalue weighted by Crippen LogP contribution is 2.24. The molecule has 0 bridgehead atoms. The largest absolute Gasteiger partial charge is 0.481 e. The highest BCUT2D eigenvalue weighted by molar-refractivity contribution is 6.04. The van der Waals surface area contributed by atoms with Crippen molar-refractivity contribution in [1.82, 2.24) is 0 Å². The number of carbonyl (C=O) groups is 1. The summed E-state index contributed by atoms with van der Waals surface area (Å²) >= 11 is 0. The first-order chi connectivity index (χ1) is 7.70. The van der Waals surface area contributed by atoms with E-state index >= 15 is 0 Å². The summed E-state index contributed by atoms with van der Waals surface area (Å²) in [5, 5.41) is 20.7. The average Bonchev–Trinajstić information content (AvgIpc) is 2.68. The Bertz CT molecular complexity index is 452. The minimum absolute atomic E-state index is 0.129. The number of rotatable bonds is 3. The zero-order chi connectivity index (χ0) is 11.5. The van der Waals surface area contributed by atoms with E-state index in [1.807, 2.05) is 18.2 Å². The van der Waals surface area contributed by atoms with Gasteiger partial charge < -0.3 is 10.3 Å². The van der Waals surface area contributed by atoms with Gasteiger partial charge in [0.05, 0.1) is 5.71 Å². The van der Waals surface area contributed by atoms with Crippen LogP contribution in [0.3, 0.4) is 0 Å². The minimum atomic E-state index is -0.795. The smallest absolute Gasteiger partial charge is 0.303 e. The Morgan fingerprint density at radius 1 is 1.38 bits per heavy atom. The molecule has 4 heteroatoms. The molecule has 0 atom stereocenters. The minimum Gasteiger partial charge on any atom is -0.481 e. The van der Waals surface area contributed by atoms with Crippen LogP contribution < -0.4 is 0 Å². The van der Waals surface area contributed by atoms with Crippen LogP contribution in [0.15, 0.2) is 23.4 Å². The fourth-order valence-electron chi connectivity index (χ4n) is 2.01. The second kappa shape index (κ2) is 4.35. The maximum atomic E-state index is 10.5. The van der Waals surface area contributed by atoms with E-state index in [0.717, 1.165) is 24.0 Å². The molecular weight excluding hydrogens is 206 g/mol. The second-order valence-corrected chi connectivity index (χ2v) is 3.93. The molecule has 0 fully saturated rings. The number of hydrogen-bond acceptors (Lipinski definition) is 3. The SMILES string of the molecule is O=C(O)CCc1ccc2c(c1)C(=NO)CC2. The maximum Gasteiger partial charge on any atom is 0.303 e. The third-order valence-electron chi connectivity index (χ3n) is 2.86. The molecule has 2 N–H and O–H groups in total. The van der Waals surface area contributed by atoms with Crippen LogP contribution in [0.1, 0.15) is 29.5 Å². The molecule has 4 nitrogen and oxygen atoms in total. The zero-order valence-electron chi connectivity index (χ0n) is 8.81. The molecule has 1 aromatic carbocycles. The van der Waals surface area contributed by atoms with Crippen LogP contribution in [0.5, 0.6) is 0 Å². The third kappa shape index (κ3) is 2.05. The number of aryl methyl sites for hydroxylation is 2. The van der Waals surface area contributed by atoms with Crippen molar-refractivity contribution in [3.8, 4) is 0 Å². The predicted molar refractivity (Wildman–Crippen MR) is 59.0 cm³/mol. The molecule has 1 aromatic rings. The molecule has 0 aliphatic heterocycles. The summed E-state index contributed by atoms with van der Waals surface area (Å²) in [7, 11) is 0. The molecular formula is C12H13NO3. The summed E-state index contributed by atoms with van der Waals surface area (Å²) in [6.07, 6.45) is 2.30. The van der Waals surface area contributed by atoms with Gasteiger partial charge in [-0.1, -0.05) is 17.3 Å². The summed E-state index contributed by atoms with van der Waals surface area (Å²) in [4.78, 5) is 10.5. The topological polar surface area (TPSA) is 69.9 Å². The number of aliphatic carboxylic acids is 1. The van der Waals surface area contributed by atoms with Crippen LogP contribution in [0, 0.1) is 0 Å². The lowest BCUT2D eigenvalue weighted by Crippen LogP contribution is -2.00. The Balaban J connectivity index is 2.22. The molecule has 1 aliphatic carbocycles. The van der Waals surface area contributed by atoms with Crippen LogP contribution in [-0.4, -0.2) is 22.0 Å². The highest BCUT2D eigenvalue weighted by atomic mass is 16.4. The molecule has 0 saturated heterocycles. The third-order valence-corrected chi connectivity index (χ3v) is 2.86. The molecule has 84 valence electrons. The molecule has 16 heavy (non-hydrogen) atoms. The molecule has 0 heterocycles. The van der Waals surface area contributed by atoms with Gasteiger partial charge in [-0.15, -0.1) is 0 Å². The first-order valence-electron chi connectivity index (χ1n) is 5.25. The summed E-state index contributed by atoms with van der Waals surface area (Å²) in [6.45, 7) is 0. The zero-order valence-corrected chi connectivity index (χ0v) is 8.81. The fourth-order valence-corrected chi connectivity index (χ4v) is 2.01. The number of oxime groups is 1. The van der Waals surface area contributed by atoms with Crippen molar-refractivity contribution in [1.29, 1.82) is 0 Å². The summed E-state index contributed by atoms with van der Waals surface area (Å²) in [5.41, 5.74) is 3.81. The van der Waals surface area contributed by atoms with Gasteiger partial charge in [0.2, 0.25) is 0 Å². The van der Waals surface area contributed by atoms with Gasteiger partial charge in [-0.3, -0.25) is 4.79 Å². The Kier molecular flexibility index (Phi) is 2.90. The first kappa shape index (κ1) is 10.7. The number of hydrogen-bond donors (Lipinski definition) is 2. The van der Waals surface area contributed by atoms with E-state index in [2.05, 4.69) is 5.16 Å². The van der Waals surface area contributed by atoms with Crippen molar-refractivity contribution in [2.24, 2.45) is 5.16 Å². The monoisotopic (exact) mass is 219 g/mol. The van der Waals surface area contributed by atoms with Crippen molar-refractivity contribution < 1.29 is 15.1 Å². The van der Waals surface area contributed by atoms with Gasteiger partial charge in [0.1, 0.15) is 0 Å².